The first-order chi connectivity index (χ1) is 11.5. The lowest BCUT2D eigenvalue weighted by Gasteiger charge is -2.13. The largest absolute Gasteiger partial charge is 0.485 e. The summed E-state index contributed by atoms with van der Waals surface area (Å²) in [5.74, 6) is 0.412. The number of anilines is 1. The topological polar surface area (TPSA) is 48.1 Å². The van der Waals surface area contributed by atoms with Gasteiger partial charge in [0.05, 0.1) is 0 Å². The van der Waals surface area contributed by atoms with Gasteiger partial charge in [0.15, 0.2) is 11.6 Å². The van der Waals surface area contributed by atoms with Crippen LogP contribution in [0.3, 0.4) is 0 Å². The van der Waals surface area contributed by atoms with E-state index in [1.807, 2.05) is 25.1 Å². The highest BCUT2D eigenvalue weighted by molar-refractivity contribution is 6.31. The van der Waals surface area contributed by atoms with Crippen molar-refractivity contribution in [2.75, 3.05) is 5.73 Å². The van der Waals surface area contributed by atoms with Crippen LogP contribution in [0.2, 0.25) is 5.02 Å². The van der Waals surface area contributed by atoms with E-state index in [-0.39, 0.29) is 18.2 Å². The smallest absolute Gasteiger partial charge is 0.166 e. The first kappa shape index (κ1) is 16.3. The van der Waals surface area contributed by atoms with Gasteiger partial charge in [-0.25, -0.2) is 9.37 Å². The minimum absolute atomic E-state index is 0.278. The van der Waals surface area contributed by atoms with Crippen molar-refractivity contribution in [2.45, 2.75) is 13.5 Å². The summed E-state index contributed by atoms with van der Waals surface area (Å²) in [5.41, 5.74) is 9.27. The number of aromatic nitrogens is 1. The molecule has 0 amide bonds. The van der Waals surface area contributed by atoms with E-state index in [2.05, 4.69) is 4.98 Å². The Bertz CT molecular complexity index is 863. The Balaban J connectivity index is 1.87. The van der Waals surface area contributed by atoms with Gasteiger partial charge in [-0.05, 0) is 42.3 Å². The van der Waals surface area contributed by atoms with Crippen LogP contribution in [-0.4, -0.2) is 4.98 Å². The monoisotopic (exact) mass is 342 g/mol. The molecule has 0 bridgehead atoms. The summed E-state index contributed by atoms with van der Waals surface area (Å²) in [7, 11) is 0. The second-order valence-corrected chi connectivity index (χ2v) is 5.85. The summed E-state index contributed by atoms with van der Waals surface area (Å²) >= 11 is 6.21. The molecular formula is C19H16ClFN2O. The van der Waals surface area contributed by atoms with Gasteiger partial charge in [0, 0.05) is 22.3 Å². The molecule has 0 saturated carbocycles. The molecule has 3 nitrogen and oxygen atoms in total. The number of nitrogens with two attached hydrogens (primary N) is 1. The van der Waals surface area contributed by atoms with Crippen molar-refractivity contribution in [1.82, 2.24) is 4.98 Å². The molecule has 0 saturated heterocycles. The van der Waals surface area contributed by atoms with Crippen LogP contribution < -0.4 is 10.5 Å². The number of nitrogens with zero attached hydrogens (tertiary/aromatic N) is 1. The van der Waals surface area contributed by atoms with Crippen molar-refractivity contribution in [3.63, 3.8) is 0 Å². The van der Waals surface area contributed by atoms with Crippen LogP contribution in [0.1, 0.15) is 11.1 Å². The van der Waals surface area contributed by atoms with Crippen LogP contribution in [-0.2, 0) is 6.61 Å². The summed E-state index contributed by atoms with van der Waals surface area (Å²) in [6.07, 6.45) is 1.59. The summed E-state index contributed by atoms with van der Waals surface area (Å²) in [4.78, 5) is 4.14. The zero-order valence-corrected chi connectivity index (χ0v) is 13.8. The first-order valence-electron chi connectivity index (χ1n) is 7.43. The van der Waals surface area contributed by atoms with Crippen LogP contribution in [0, 0.1) is 12.7 Å². The second kappa shape index (κ2) is 6.89. The zero-order chi connectivity index (χ0) is 17.1. The Morgan fingerprint density at radius 3 is 2.67 bits per heavy atom. The highest BCUT2D eigenvalue weighted by Gasteiger charge is 2.09. The van der Waals surface area contributed by atoms with Gasteiger partial charge in [-0.1, -0.05) is 35.9 Å². The minimum atomic E-state index is -0.307. The standard InChI is InChI=1S/C19H16ClFN2O/c1-12-4-2-7-17(20)16(12)11-24-18-9-14(10-23-19(18)22)13-5-3-6-15(21)8-13/h2-10H,11H2,1H3,(H2,22,23). The van der Waals surface area contributed by atoms with E-state index in [4.69, 9.17) is 22.1 Å². The molecule has 2 N–H and O–H groups in total. The third-order valence-corrected chi connectivity index (χ3v) is 4.12. The van der Waals surface area contributed by atoms with Gasteiger partial charge in [-0.15, -0.1) is 0 Å². The third-order valence-electron chi connectivity index (χ3n) is 3.76. The second-order valence-electron chi connectivity index (χ2n) is 5.44. The molecule has 0 aliphatic heterocycles. The number of hydrogen-bond acceptors (Lipinski definition) is 3. The van der Waals surface area contributed by atoms with Gasteiger partial charge < -0.3 is 10.5 Å². The molecule has 0 aliphatic carbocycles. The molecule has 2 aromatic carbocycles. The molecule has 0 atom stereocenters. The number of benzene rings is 2. The molecule has 0 spiro atoms. The molecule has 0 aliphatic rings. The van der Waals surface area contributed by atoms with Crippen LogP contribution in [0.5, 0.6) is 5.75 Å². The Kier molecular flexibility index (Phi) is 4.67. The van der Waals surface area contributed by atoms with Gasteiger partial charge in [0.2, 0.25) is 0 Å². The predicted molar refractivity (Wildman–Crippen MR) is 94.6 cm³/mol. The molecule has 3 rings (SSSR count). The van der Waals surface area contributed by atoms with E-state index in [1.165, 1.54) is 12.1 Å². The molecule has 1 aromatic heterocycles. The van der Waals surface area contributed by atoms with Crippen molar-refractivity contribution in [3.8, 4) is 16.9 Å². The Labute approximate surface area is 144 Å². The fraction of sp³-hybridized carbons (Fsp3) is 0.105. The zero-order valence-electron chi connectivity index (χ0n) is 13.1. The Hall–Kier alpha value is -2.59. The van der Waals surface area contributed by atoms with Gasteiger partial charge in [-0.2, -0.15) is 0 Å². The van der Waals surface area contributed by atoms with E-state index < -0.39 is 0 Å². The van der Waals surface area contributed by atoms with E-state index in [9.17, 15) is 4.39 Å². The van der Waals surface area contributed by atoms with Gasteiger partial charge >= 0.3 is 0 Å². The number of pyridine rings is 1. The van der Waals surface area contributed by atoms with Crippen LogP contribution in [0.25, 0.3) is 11.1 Å². The fourth-order valence-corrected chi connectivity index (χ4v) is 2.67. The summed E-state index contributed by atoms with van der Waals surface area (Å²) in [6, 6.07) is 13.7. The van der Waals surface area contributed by atoms with Crippen molar-refractivity contribution >= 4 is 17.4 Å². The molecule has 1 heterocycles. The van der Waals surface area contributed by atoms with Gasteiger partial charge in [0.1, 0.15) is 12.4 Å². The Morgan fingerprint density at radius 1 is 1.12 bits per heavy atom. The Morgan fingerprint density at radius 2 is 1.92 bits per heavy atom. The van der Waals surface area contributed by atoms with E-state index >= 15 is 0 Å². The van der Waals surface area contributed by atoms with Gasteiger partial charge in [0.25, 0.3) is 0 Å². The quantitative estimate of drug-likeness (QED) is 0.725. The minimum Gasteiger partial charge on any atom is -0.485 e. The van der Waals surface area contributed by atoms with E-state index in [0.717, 1.165) is 16.7 Å². The number of hydrogen-bond donors (Lipinski definition) is 1. The van der Waals surface area contributed by atoms with Crippen molar-refractivity contribution < 1.29 is 9.13 Å². The first-order valence-corrected chi connectivity index (χ1v) is 7.80. The molecule has 3 aromatic rings. The van der Waals surface area contributed by atoms with Crippen molar-refractivity contribution in [1.29, 1.82) is 0 Å². The maximum absolute atomic E-state index is 13.4. The average Bonchev–Trinajstić information content (AvgIpc) is 2.56. The van der Waals surface area contributed by atoms with Crippen LogP contribution in [0.4, 0.5) is 10.2 Å². The van der Waals surface area contributed by atoms with Crippen molar-refractivity contribution in [3.05, 3.63) is 76.7 Å². The molecule has 24 heavy (non-hydrogen) atoms. The molecular weight excluding hydrogens is 327 g/mol. The summed E-state index contributed by atoms with van der Waals surface area (Å²) < 4.78 is 19.2. The van der Waals surface area contributed by atoms with E-state index in [0.29, 0.717) is 16.3 Å². The number of rotatable bonds is 4. The number of aryl methyl sites for hydroxylation is 1. The average molecular weight is 343 g/mol. The lowest BCUT2D eigenvalue weighted by atomic mass is 10.1. The lowest BCUT2D eigenvalue weighted by Crippen LogP contribution is -2.03. The van der Waals surface area contributed by atoms with E-state index in [1.54, 1.807) is 24.4 Å². The maximum Gasteiger partial charge on any atom is 0.166 e. The highest BCUT2D eigenvalue weighted by atomic mass is 35.5. The molecule has 5 heteroatoms. The van der Waals surface area contributed by atoms with Crippen LogP contribution >= 0.6 is 11.6 Å². The third kappa shape index (κ3) is 3.49. The van der Waals surface area contributed by atoms with Crippen LogP contribution in [0.15, 0.2) is 54.7 Å². The lowest BCUT2D eigenvalue weighted by molar-refractivity contribution is 0.306. The molecule has 0 fully saturated rings. The SMILES string of the molecule is Cc1cccc(Cl)c1COc1cc(-c2cccc(F)c2)cnc1N. The van der Waals surface area contributed by atoms with Crippen molar-refractivity contribution in [2.24, 2.45) is 0 Å². The number of ether oxygens (including phenoxy) is 1. The molecule has 0 radical (unpaired) electrons. The fourth-order valence-electron chi connectivity index (χ4n) is 2.40. The predicted octanol–water partition coefficient (Wildman–Crippen LogP) is 5.01. The molecule has 0 unspecified atom stereocenters. The molecule has 122 valence electrons. The summed E-state index contributed by atoms with van der Waals surface area (Å²) in [5, 5.41) is 0.641. The highest BCUT2D eigenvalue weighted by Crippen LogP contribution is 2.29. The summed E-state index contributed by atoms with van der Waals surface area (Å²) in [6.45, 7) is 2.25. The number of halogens is 2. The maximum atomic E-state index is 13.4. The normalized spacial score (nSPS) is 10.6. The number of nitrogen functional groups attached to an aromatic ring is 1. The van der Waals surface area contributed by atoms with Gasteiger partial charge in [-0.3, -0.25) is 0 Å².